The van der Waals surface area contributed by atoms with Crippen LogP contribution in [0.15, 0.2) is 47.7 Å². The van der Waals surface area contributed by atoms with Crippen LogP contribution in [0.3, 0.4) is 0 Å². The molecule has 3 aromatic heterocycles. The number of hydrogen-bond donors (Lipinski definition) is 1. The Morgan fingerprint density at radius 3 is 2.64 bits per heavy atom. The van der Waals surface area contributed by atoms with Gasteiger partial charge in [-0.3, -0.25) is 4.79 Å². The van der Waals surface area contributed by atoms with Crippen LogP contribution in [0.5, 0.6) is 5.88 Å². The van der Waals surface area contributed by atoms with E-state index < -0.39 is 17.3 Å². The van der Waals surface area contributed by atoms with Crippen molar-refractivity contribution in [1.29, 1.82) is 0 Å². The molecule has 0 fully saturated rings. The molecule has 0 radical (unpaired) electrons. The fourth-order valence-electron chi connectivity index (χ4n) is 2.27. The van der Waals surface area contributed by atoms with Gasteiger partial charge >= 0.3 is 6.18 Å². The Hall–Kier alpha value is -3.14. The molecule has 0 saturated heterocycles. The zero-order valence-corrected chi connectivity index (χ0v) is 15.1. The lowest BCUT2D eigenvalue weighted by atomic mass is 10.2. The lowest BCUT2D eigenvalue weighted by Crippen LogP contribution is -2.23. The molecule has 0 amide bonds. The van der Waals surface area contributed by atoms with Gasteiger partial charge in [0, 0.05) is 25.0 Å². The second kappa shape index (κ2) is 7.85. The highest BCUT2D eigenvalue weighted by Crippen LogP contribution is 2.28. The Kier molecular flexibility index (Phi) is 5.50. The third kappa shape index (κ3) is 4.22. The highest BCUT2D eigenvalue weighted by atomic mass is 35.5. The minimum atomic E-state index is -4.52. The minimum absolute atomic E-state index is 0.0784. The maximum Gasteiger partial charge on any atom is 0.417 e. The van der Waals surface area contributed by atoms with Crippen LogP contribution >= 0.6 is 11.6 Å². The first kappa shape index (κ1) is 19.6. The first-order chi connectivity index (χ1) is 13.3. The summed E-state index contributed by atoms with van der Waals surface area (Å²) in [5.74, 6) is 0.359. The molecule has 3 aromatic rings. The van der Waals surface area contributed by atoms with Gasteiger partial charge in [0.25, 0.3) is 5.56 Å². The zero-order valence-electron chi connectivity index (χ0n) is 14.4. The van der Waals surface area contributed by atoms with E-state index in [9.17, 15) is 18.0 Å². The van der Waals surface area contributed by atoms with E-state index in [2.05, 4.69) is 20.4 Å². The fourth-order valence-corrected chi connectivity index (χ4v) is 2.46. The summed E-state index contributed by atoms with van der Waals surface area (Å²) in [5.41, 5.74) is -0.546. The normalized spacial score (nSPS) is 11.3. The number of ether oxygens (including phenoxy) is 1. The number of nitrogens with one attached hydrogen (secondary N) is 1. The van der Waals surface area contributed by atoms with Crippen LogP contribution in [0.25, 0.3) is 5.82 Å². The molecule has 0 bridgehead atoms. The van der Waals surface area contributed by atoms with Crippen LogP contribution in [0.1, 0.15) is 11.1 Å². The first-order valence-electron chi connectivity index (χ1n) is 7.84. The maximum absolute atomic E-state index is 12.6. The standard InChI is InChI=1S/C17H13ClF3N5O2/c1-28-14-6-10(4-5-22-14)7-23-12-9-25-26(16(27)15(12)18)13-3-2-11(8-24-13)17(19,20)21/h2-6,8-9,23H,7H2,1H3. The molecule has 0 atom stereocenters. The number of nitrogens with zero attached hydrogens (tertiary/aromatic N) is 4. The molecule has 0 aromatic carbocycles. The van der Waals surface area contributed by atoms with E-state index in [1.54, 1.807) is 18.3 Å². The van der Waals surface area contributed by atoms with Gasteiger partial charge in [-0.05, 0) is 23.8 Å². The Morgan fingerprint density at radius 2 is 2.00 bits per heavy atom. The summed E-state index contributed by atoms with van der Waals surface area (Å²) < 4.78 is 43.7. The van der Waals surface area contributed by atoms with E-state index in [1.165, 1.54) is 13.3 Å². The molecular formula is C17H13ClF3N5O2. The van der Waals surface area contributed by atoms with Crippen molar-refractivity contribution in [3.8, 4) is 11.7 Å². The molecule has 28 heavy (non-hydrogen) atoms. The van der Waals surface area contributed by atoms with Crippen LogP contribution in [0, 0.1) is 0 Å². The average Bonchev–Trinajstić information content (AvgIpc) is 2.69. The van der Waals surface area contributed by atoms with Gasteiger partial charge in [0.2, 0.25) is 5.88 Å². The number of methoxy groups -OCH3 is 1. The predicted molar refractivity (Wildman–Crippen MR) is 95.8 cm³/mol. The molecule has 3 heterocycles. The van der Waals surface area contributed by atoms with Crippen molar-refractivity contribution >= 4 is 17.3 Å². The Balaban J connectivity index is 1.82. The van der Waals surface area contributed by atoms with E-state index in [4.69, 9.17) is 16.3 Å². The summed E-state index contributed by atoms with van der Waals surface area (Å²) in [6, 6.07) is 5.32. The van der Waals surface area contributed by atoms with Crippen molar-refractivity contribution in [3.63, 3.8) is 0 Å². The van der Waals surface area contributed by atoms with Gasteiger partial charge in [0.15, 0.2) is 5.82 Å². The van der Waals surface area contributed by atoms with Gasteiger partial charge in [-0.1, -0.05) is 11.6 Å². The third-order valence-corrected chi connectivity index (χ3v) is 4.07. The number of pyridine rings is 2. The highest BCUT2D eigenvalue weighted by molar-refractivity contribution is 6.32. The number of alkyl halides is 3. The van der Waals surface area contributed by atoms with Crippen molar-refractivity contribution < 1.29 is 17.9 Å². The molecule has 3 rings (SSSR count). The summed E-state index contributed by atoms with van der Waals surface area (Å²) >= 11 is 6.10. The van der Waals surface area contributed by atoms with Crippen molar-refractivity contribution in [2.24, 2.45) is 0 Å². The first-order valence-corrected chi connectivity index (χ1v) is 8.21. The van der Waals surface area contributed by atoms with E-state index in [1.807, 2.05) is 0 Å². The molecule has 0 aliphatic carbocycles. The van der Waals surface area contributed by atoms with Gasteiger partial charge in [0.05, 0.1) is 24.6 Å². The third-order valence-electron chi connectivity index (χ3n) is 3.70. The van der Waals surface area contributed by atoms with Gasteiger partial charge in [-0.15, -0.1) is 0 Å². The Labute approximate surface area is 161 Å². The summed E-state index contributed by atoms with van der Waals surface area (Å²) in [7, 11) is 1.50. The van der Waals surface area contributed by atoms with Crippen LogP contribution in [-0.4, -0.2) is 26.9 Å². The van der Waals surface area contributed by atoms with Gasteiger partial charge < -0.3 is 10.1 Å². The molecule has 0 spiro atoms. The van der Waals surface area contributed by atoms with E-state index in [0.717, 1.165) is 22.4 Å². The van der Waals surface area contributed by atoms with Gasteiger partial charge in [0.1, 0.15) is 5.02 Å². The van der Waals surface area contributed by atoms with Crippen molar-refractivity contribution in [3.05, 3.63) is 69.4 Å². The number of aromatic nitrogens is 4. The molecule has 11 heteroatoms. The molecular weight excluding hydrogens is 399 g/mol. The minimum Gasteiger partial charge on any atom is -0.481 e. The second-order valence-electron chi connectivity index (χ2n) is 5.55. The van der Waals surface area contributed by atoms with E-state index in [0.29, 0.717) is 18.6 Å². The predicted octanol–water partition coefficient (Wildman–Crippen LogP) is 3.32. The summed E-state index contributed by atoms with van der Waals surface area (Å²) in [6.07, 6.45) is -1.03. The maximum atomic E-state index is 12.6. The molecule has 0 saturated carbocycles. The summed E-state index contributed by atoms with van der Waals surface area (Å²) in [5, 5.41) is 6.72. The molecule has 7 nitrogen and oxygen atoms in total. The second-order valence-corrected chi connectivity index (χ2v) is 5.93. The summed E-state index contributed by atoms with van der Waals surface area (Å²) in [4.78, 5) is 20.1. The highest BCUT2D eigenvalue weighted by Gasteiger charge is 2.30. The topological polar surface area (TPSA) is 81.9 Å². The van der Waals surface area contributed by atoms with Crippen molar-refractivity contribution in [2.75, 3.05) is 12.4 Å². The van der Waals surface area contributed by atoms with E-state index in [-0.39, 0.29) is 16.5 Å². The van der Waals surface area contributed by atoms with Crippen LogP contribution < -0.4 is 15.6 Å². The van der Waals surface area contributed by atoms with Crippen LogP contribution in [0.2, 0.25) is 5.02 Å². The Morgan fingerprint density at radius 1 is 1.21 bits per heavy atom. The quantitative estimate of drug-likeness (QED) is 0.693. The van der Waals surface area contributed by atoms with Gasteiger partial charge in [-0.25, -0.2) is 9.97 Å². The molecule has 1 N–H and O–H groups in total. The molecule has 0 aliphatic heterocycles. The number of halogens is 4. The van der Waals surface area contributed by atoms with Gasteiger partial charge in [-0.2, -0.15) is 23.0 Å². The number of hydrogen-bond acceptors (Lipinski definition) is 6. The average molecular weight is 412 g/mol. The fraction of sp³-hybridized carbons (Fsp3) is 0.176. The summed E-state index contributed by atoms with van der Waals surface area (Å²) in [6.45, 7) is 0.322. The molecule has 146 valence electrons. The zero-order chi connectivity index (χ0) is 20.3. The van der Waals surface area contributed by atoms with E-state index >= 15 is 0 Å². The number of rotatable bonds is 5. The van der Waals surface area contributed by atoms with Crippen molar-refractivity contribution in [2.45, 2.75) is 12.7 Å². The smallest absolute Gasteiger partial charge is 0.417 e. The number of anilines is 1. The van der Waals surface area contributed by atoms with Crippen molar-refractivity contribution in [1.82, 2.24) is 19.7 Å². The largest absolute Gasteiger partial charge is 0.481 e. The monoisotopic (exact) mass is 411 g/mol. The lowest BCUT2D eigenvalue weighted by Gasteiger charge is -2.11. The van der Waals surface area contributed by atoms with Crippen LogP contribution in [0.4, 0.5) is 18.9 Å². The SMILES string of the molecule is COc1cc(CNc2cnn(-c3ccc(C(F)(F)F)cn3)c(=O)c2Cl)ccn1. The Bertz CT molecular complexity index is 1040. The molecule has 0 aliphatic rings. The molecule has 0 unspecified atom stereocenters. The van der Waals surface area contributed by atoms with Crippen LogP contribution in [-0.2, 0) is 12.7 Å². The lowest BCUT2D eigenvalue weighted by molar-refractivity contribution is -0.137.